The van der Waals surface area contributed by atoms with Gasteiger partial charge in [-0.1, -0.05) is 12.8 Å². The summed E-state index contributed by atoms with van der Waals surface area (Å²) in [7, 11) is 0. The highest BCUT2D eigenvalue weighted by Gasteiger charge is 2.31. The molecule has 0 spiro atoms. The van der Waals surface area contributed by atoms with Crippen LogP contribution in [0.4, 0.5) is 0 Å². The largest absolute Gasteiger partial charge is 0.368 e. The van der Waals surface area contributed by atoms with Gasteiger partial charge >= 0.3 is 0 Å². The second-order valence-electron chi connectivity index (χ2n) is 6.11. The average Bonchev–Trinajstić information content (AvgIpc) is 3.23. The first kappa shape index (κ1) is 15.8. The SMILES string of the molecule is NC(=O)C(CC1CCCNC1=O)NC(=O)C(N)CC1CC1. The summed E-state index contributed by atoms with van der Waals surface area (Å²) in [6, 6.07) is -1.45. The molecule has 0 aromatic heterocycles. The third kappa shape index (κ3) is 4.70. The molecule has 1 saturated carbocycles. The first-order chi connectivity index (χ1) is 9.97. The Hall–Kier alpha value is -1.63. The Labute approximate surface area is 124 Å². The van der Waals surface area contributed by atoms with Crippen LogP contribution in [0.1, 0.15) is 38.5 Å². The van der Waals surface area contributed by atoms with E-state index in [-0.39, 0.29) is 24.2 Å². The number of hydrogen-bond acceptors (Lipinski definition) is 4. The molecule has 1 aliphatic heterocycles. The molecule has 2 aliphatic rings. The van der Waals surface area contributed by atoms with Crippen LogP contribution in [-0.2, 0) is 14.4 Å². The molecular formula is C14H24N4O3. The van der Waals surface area contributed by atoms with Crippen molar-refractivity contribution in [1.29, 1.82) is 0 Å². The van der Waals surface area contributed by atoms with E-state index in [2.05, 4.69) is 10.6 Å². The lowest BCUT2D eigenvalue weighted by Gasteiger charge is -2.26. The summed E-state index contributed by atoms with van der Waals surface area (Å²) in [6.45, 7) is 0.662. The van der Waals surface area contributed by atoms with E-state index in [1.165, 1.54) is 0 Å². The van der Waals surface area contributed by atoms with E-state index >= 15 is 0 Å². The highest BCUT2D eigenvalue weighted by atomic mass is 16.2. The molecule has 118 valence electrons. The van der Waals surface area contributed by atoms with Gasteiger partial charge in [-0.3, -0.25) is 14.4 Å². The van der Waals surface area contributed by atoms with Gasteiger partial charge in [-0.2, -0.15) is 0 Å². The highest BCUT2D eigenvalue weighted by Crippen LogP contribution is 2.33. The zero-order chi connectivity index (χ0) is 15.4. The summed E-state index contributed by atoms with van der Waals surface area (Å²) in [4.78, 5) is 35.2. The molecule has 0 bridgehead atoms. The van der Waals surface area contributed by atoms with Crippen molar-refractivity contribution >= 4 is 17.7 Å². The molecule has 21 heavy (non-hydrogen) atoms. The first-order valence-electron chi connectivity index (χ1n) is 7.60. The minimum atomic E-state index is -0.836. The van der Waals surface area contributed by atoms with Crippen molar-refractivity contribution in [2.24, 2.45) is 23.3 Å². The van der Waals surface area contributed by atoms with Gasteiger partial charge in [0, 0.05) is 12.5 Å². The third-order valence-corrected chi connectivity index (χ3v) is 4.20. The standard InChI is InChI=1S/C14H24N4O3/c15-10(6-8-3-4-8)14(21)18-11(12(16)19)7-9-2-1-5-17-13(9)20/h8-11H,1-7,15H2,(H2,16,19)(H,17,20)(H,18,21). The highest BCUT2D eigenvalue weighted by molar-refractivity contribution is 5.89. The number of nitrogens with two attached hydrogens (primary N) is 2. The molecule has 2 rings (SSSR count). The Morgan fingerprint density at radius 2 is 2.00 bits per heavy atom. The monoisotopic (exact) mass is 296 g/mol. The van der Waals surface area contributed by atoms with Gasteiger partial charge in [0.2, 0.25) is 17.7 Å². The van der Waals surface area contributed by atoms with E-state index in [0.29, 0.717) is 25.3 Å². The van der Waals surface area contributed by atoms with Crippen LogP contribution in [0.15, 0.2) is 0 Å². The number of carbonyl (C=O) groups is 3. The van der Waals surface area contributed by atoms with E-state index < -0.39 is 18.0 Å². The van der Waals surface area contributed by atoms with Crippen LogP contribution in [0.5, 0.6) is 0 Å². The number of carbonyl (C=O) groups excluding carboxylic acids is 3. The summed E-state index contributed by atoms with van der Waals surface area (Å²) in [5, 5.41) is 5.36. The van der Waals surface area contributed by atoms with Crippen molar-refractivity contribution < 1.29 is 14.4 Å². The summed E-state index contributed by atoms with van der Waals surface area (Å²) >= 11 is 0. The van der Waals surface area contributed by atoms with Crippen molar-refractivity contribution in [3.63, 3.8) is 0 Å². The van der Waals surface area contributed by atoms with E-state index in [4.69, 9.17) is 11.5 Å². The van der Waals surface area contributed by atoms with Crippen LogP contribution in [0.2, 0.25) is 0 Å². The lowest BCUT2D eigenvalue weighted by molar-refractivity contribution is -0.131. The minimum absolute atomic E-state index is 0.0796. The molecule has 1 heterocycles. The second kappa shape index (κ2) is 6.89. The fourth-order valence-corrected chi connectivity index (χ4v) is 2.69. The lowest BCUT2D eigenvalue weighted by Crippen LogP contribution is -2.52. The van der Waals surface area contributed by atoms with Crippen molar-refractivity contribution in [2.45, 2.75) is 50.6 Å². The molecule has 3 unspecified atom stereocenters. The van der Waals surface area contributed by atoms with Crippen molar-refractivity contribution in [3.8, 4) is 0 Å². The van der Waals surface area contributed by atoms with Gasteiger partial charge in [0.1, 0.15) is 6.04 Å². The average molecular weight is 296 g/mol. The molecule has 6 N–H and O–H groups in total. The van der Waals surface area contributed by atoms with Gasteiger partial charge < -0.3 is 22.1 Å². The maximum atomic E-state index is 12.0. The van der Waals surface area contributed by atoms with Gasteiger partial charge in [0.25, 0.3) is 0 Å². The maximum absolute atomic E-state index is 12.0. The van der Waals surface area contributed by atoms with Gasteiger partial charge in [0.15, 0.2) is 0 Å². The Balaban J connectivity index is 1.86. The Morgan fingerprint density at radius 3 is 2.57 bits per heavy atom. The van der Waals surface area contributed by atoms with Crippen molar-refractivity contribution in [2.75, 3.05) is 6.54 Å². The molecule has 3 amide bonds. The summed E-state index contributed by atoms with van der Waals surface area (Å²) in [5.74, 6) is -0.815. The molecule has 3 atom stereocenters. The number of nitrogens with one attached hydrogen (secondary N) is 2. The molecule has 2 fully saturated rings. The molecule has 7 heteroatoms. The zero-order valence-electron chi connectivity index (χ0n) is 12.1. The molecule has 1 aliphatic carbocycles. The van der Waals surface area contributed by atoms with Crippen molar-refractivity contribution in [3.05, 3.63) is 0 Å². The topological polar surface area (TPSA) is 127 Å². The van der Waals surface area contributed by atoms with E-state index in [1.807, 2.05) is 0 Å². The van der Waals surface area contributed by atoms with Gasteiger partial charge in [-0.05, 0) is 31.6 Å². The van der Waals surface area contributed by atoms with Gasteiger partial charge in [-0.25, -0.2) is 0 Å². The number of primary amides is 1. The number of piperidine rings is 1. The van der Waals surface area contributed by atoms with E-state index in [0.717, 1.165) is 19.3 Å². The maximum Gasteiger partial charge on any atom is 0.240 e. The summed E-state index contributed by atoms with van der Waals surface area (Å²) < 4.78 is 0. The molecule has 7 nitrogen and oxygen atoms in total. The van der Waals surface area contributed by atoms with E-state index in [9.17, 15) is 14.4 Å². The van der Waals surface area contributed by atoms with Gasteiger partial charge in [-0.15, -0.1) is 0 Å². The lowest BCUT2D eigenvalue weighted by atomic mass is 9.91. The molecular weight excluding hydrogens is 272 g/mol. The van der Waals surface area contributed by atoms with Crippen molar-refractivity contribution in [1.82, 2.24) is 10.6 Å². The first-order valence-corrected chi connectivity index (χ1v) is 7.60. The summed E-state index contributed by atoms with van der Waals surface area (Å²) in [6.07, 6.45) is 4.69. The quantitative estimate of drug-likeness (QED) is 0.480. The molecule has 0 radical (unpaired) electrons. The normalized spacial score (nSPS) is 24.8. The van der Waals surface area contributed by atoms with Crippen LogP contribution in [-0.4, -0.2) is 36.3 Å². The summed E-state index contributed by atoms with van der Waals surface area (Å²) in [5.41, 5.74) is 11.2. The molecule has 0 aromatic rings. The Morgan fingerprint density at radius 1 is 1.29 bits per heavy atom. The van der Waals surface area contributed by atoms with Crippen LogP contribution in [0.3, 0.4) is 0 Å². The van der Waals surface area contributed by atoms with Crippen LogP contribution >= 0.6 is 0 Å². The minimum Gasteiger partial charge on any atom is -0.368 e. The predicted octanol–water partition coefficient (Wildman–Crippen LogP) is -1.000. The van der Waals surface area contributed by atoms with Crippen LogP contribution in [0, 0.1) is 11.8 Å². The number of rotatable bonds is 7. The predicted molar refractivity (Wildman–Crippen MR) is 76.8 cm³/mol. The second-order valence-corrected chi connectivity index (χ2v) is 6.11. The van der Waals surface area contributed by atoms with Crippen LogP contribution in [0.25, 0.3) is 0 Å². The zero-order valence-corrected chi connectivity index (χ0v) is 12.1. The van der Waals surface area contributed by atoms with Gasteiger partial charge in [0.05, 0.1) is 6.04 Å². The Bertz CT molecular complexity index is 422. The fraction of sp³-hybridized carbons (Fsp3) is 0.786. The third-order valence-electron chi connectivity index (χ3n) is 4.20. The fourth-order valence-electron chi connectivity index (χ4n) is 2.69. The Kier molecular flexibility index (Phi) is 5.17. The molecule has 0 aromatic carbocycles. The smallest absolute Gasteiger partial charge is 0.240 e. The van der Waals surface area contributed by atoms with E-state index in [1.54, 1.807) is 0 Å². The molecule has 1 saturated heterocycles. The number of hydrogen-bond donors (Lipinski definition) is 4. The van der Waals surface area contributed by atoms with Crippen LogP contribution < -0.4 is 22.1 Å². The number of amides is 3.